The normalized spacial score (nSPS) is 10.7. The van der Waals surface area contributed by atoms with Crippen molar-refractivity contribution in [2.24, 2.45) is 0 Å². The minimum absolute atomic E-state index is 0.271. The van der Waals surface area contributed by atoms with Gasteiger partial charge in [0, 0.05) is 25.6 Å². The van der Waals surface area contributed by atoms with Gasteiger partial charge in [-0.3, -0.25) is 0 Å². The zero-order valence-corrected chi connectivity index (χ0v) is 14.0. The molecule has 7 heteroatoms. The molecule has 0 amide bonds. The van der Waals surface area contributed by atoms with Crippen molar-refractivity contribution in [3.8, 4) is 0 Å². The van der Waals surface area contributed by atoms with Gasteiger partial charge in [0.2, 0.25) is 0 Å². The van der Waals surface area contributed by atoms with Crippen molar-refractivity contribution >= 4 is 60.5 Å². The van der Waals surface area contributed by atoms with E-state index in [-0.39, 0.29) is 5.82 Å². The summed E-state index contributed by atoms with van der Waals surface area (Å²) in [7, 11) is 0. The topological polar surface area (TPSA) is 24.9 Å². The third-order valence-electron chi connectivity index (χ3n) is 2.36. The Kier molecular flexibility index (Phi) is 4.64. The second kappa shape index (κ2) is 5.86. The van der Waals surface area contributed by atoms with Gasteiger partial charge in [0.1, 0.15) is 0 Å². The van der Waals surface area contributed by atoms with E-state index in [2.05, 4.69) is 42.2 Å². The number of rotatable bonds is 3. The number of benzene rings is 1. The first-order chi connectivity index (χ1) is 8.49. The Morgan fingerprint density at radius 1 is 1.44 bits per heavy atom. The Hall–Kier alpha value is -0.170. The number of aromatic nitrogens is 1. The third-order valence-corrected chi connectivity index (χ3v) is 4.93. The van der Waals surface area contributed by atoms with Gasteiger partial charge in [-0.1, -0.05) is 27.5 Å². The van der Waals surface area contributed by atoms with Crippen LogP contribution < -0.4 is 5.32 Å². The van der Waals surface area contributed by atoms with Crippen molar-refractivity contribution in [3.63, 3.8) is 0 Å². The smallest absolute Gasteiger partial charge is 0.183 e. The van der Waals surface area contributed by atoms with Crippen LogP contribution in [0.15, 0.2) is 21.2 Å². The molecule has 18 heavy (non-hydrogen) atoms. The van der Waals surface area contributed by atoms with Gasteiger partial charge < -0.3 is 5.32 Å². The highest BCUT2D eigenvalue weighted by Gasteiger charge is 2.13. The van der Waals surface area contributed by atoms with E-state index in [1.807, 2.05) is 6.07 Å². The van der Waals surface area contributed by atoms with Crippen molar-refractivity contribution in [2.75, 3.05) is 5.32 Å². The minimum atomic E-state index is -0.271. The SMILES string of the molecule is Cc1c(Br)cc(Br)c(NCc2cnc(Cl)s2)c1F. The number of nitrogens with one attached hydrogen (secondary N) is 1. The van der Waals surface area contributed by atoms with Crippen LogP contribution in [0.4, 0.5) is 10.1 Å². The van der Waals surface area contributed by atoms with Crippen molar-refractivity contribution in [3.05, 3.63) is 41.9 Å². The molecule has 0 saturated heterocycles. The van der Waals surface area contributed by atoms with Gasteiger partial charge in [0.05, 0.1) is 12.2 Å². The lowest BCUT2D eigenvalue weighted by Gasteiger charge is -2.11. The van der Waals surface area contributed by atoms with Gasteiger partial charge in [-0.05, 0) is 28.9 Å². The Labute approximate surface area is 130 Å². The summed E-state index contributed by atoms with van der Waals surface area (Å²) in [5, 5.41) is 3.05. The highest BCUT2D eigenvalue weighted by Crippen LogP contribution is 2.33. The Balaban J connectivity index is 2.22. The molecule has 2 nitrogen and oxygen atoms in total. The zero-order chi connectivity index (χ0) is 13.3. The Morgan fingerprint density at radius 3 is 2.78 bits per heavy atom. The lowest BCUT2D eigenvalue weighted by Crippen LogP contribution is -2.02. The molecule has 1 aromatic carbocycles. The van der Waals surface area contributed by atoms with Gasteiger partial charge in [0.25, 0.3) is 0 Å². The molecule has 0 unspecified atom stereocenters. The quantitative estimate of drug-likeness (QED) is 0.729. The molecule has 0 spiro atoms. The lowest BCUT2D eigenvalue weighted by molar-refractivity contribution is 0.619. The summed E-state index contributed by atoms with van der Waals surface area (Å²) in [5.74, 6) is -0.271. The van der Waals surface area contributed by atoms with E-state index in [1.54, 1.807) is 13.1 Å². The van der Waals surface area contributed by atoms with Crippen molar-refractivity contribution in [2.45, 2.75) is 13.5 Å². The molecule has 2 aromatic rings. The van der Waals surface area contributed by atoms with Gasteiger partial charge in [-0.25, -0.2) is 9.37 Å². The molecule has 0 saturated carbocycles. The van der Waals surface area contributed by atoms with Crippen LogP contribution in [-0.4, -0.2) is 4.98 Å². The molecule has 1 aromatic heterocycles. The maximum absolute atomic E-state index is 14.1. The number of nitrogens with zero attached hydrogens (tertiary/aromatic N) is 1. The molecule has 2 rings (SSSR count). The van der Waals surface area contributed by atoms with E-state index in [9.17, 15) is 4.39 Å². The predicted octanol–water partition coefficient (Wildman–Crippen LogP) is 5.38. The highest BCUT2D eigenvalue weighted by atomic mass is 79.9. The van der Waals surface area contributed by atoms with Crippen LogP contribution in [-0.2, 0) is 6.54 Å². The van der Waals surface area contributed by atoms with E-state index in [0.29, 0.717) is 26.7 Å². The fraction of sp³-hybridized carbons (Fsp3) is 0.182. The second-order valence-corrected chi connectivity index (χ2v) is 6.99. The third kappa shape index (κ3) is 3.04. The van der Waals surface area contributed by atoms with Crippen molar-refractivity contribution in [1.82, 2.24) is 4.98 Å². The van der Waals surface area contributed by atoms with Crippen molar-refractivity contribution in [1.29, 1.82) is 0 Å². The lowest BCUT2D eigenvalue weighted by atomic mass is 10.2. The van der Waals surface area contributed by atoms with Crippen LogP contribution in [0, 0.1) is 12.7 Å². The molecule has 0 aliphatic rings. The summed E-state index contributed by atoms with van der Waals surface area (Å²) in [6.07, 6.45) is 1.68. The predicted molar refractivity (Wildman–Crippen MR) is 81.0 cm³/mol. The Bertz CT molecular complexity index is 589. The number of hydrogen-bond acceptors (Lipinski definition) is 3. The molecule has 96 valence electrons. The highest BCUT2D eigenvalue weighted by molar-refractivity contribution is 9.11. The van der Waals surface area contributed by atoms with E-state index < -0.39 is 0 Å². The molecule has 0 aliphatic heterocycles. The average Bonchev–Trinajstić information content (AvgIpc) is 2.72. The van der Waals surface area contributed by atoms with E-state index >= 15 is 0 Å². The maximum Gasteiger partial charge on any atom is 0.183 e. The minimum Gasteiger partial charge on any atom is -0.377 e. The van der Waals surface area contributed by atoms with Crippen LogP contribution in [0.2, 0.25) is 4.47 Å². The molecule has 0 bridgehead atoms. The van der Waals surface area contributed by atoms with E-state index in [0.717, 1.165) is 9.35 Å². The first-order valence-electron chi connectivity index (χ1n) is 4.97. The van der Waals surface area contributed by atoms with Crippen molar-refractivity contribution < 1.29 is 4.39 Å². The number of anilines is 1. The maximum atomic E-state index is 14.1. The second-order valence-electron chi connectivity index (χ2n) is 3.59. The molecule has 1 N–H and O–H groups in total. The summed E-state index contributed by atoms with van der Waals surface area (Å²) in [4.78, 5) is 4.89. The summed E-state index contributed by atoms with van der Waals surface area (Å²) in [5.41, 5.74) is 1.02. The van der Waals surface area contributed by atoms with E-state index in [1.165, 1.54) is 11.3 Å². The number of halogens is 4. The summed E-state index contributed by atoms with van der Waals surface area (Å²) >= 11 is 13.8. The zero-order valence-electron chi connectivity index (χ0n) is 9.23. The summed E-state index contributed by atoms with van der Waals surface area (Å²) in [6.45, 7) is 2.21. The Morgan fingerprint density at radius 2 is 2.17 bits per heavy atom. The first kappa shape index (κ1) is 14.2. The van der Waals surface area contributed by atoms with Crippen LogP contribution in [0.3, 0.4) is 0 Å². The van der Waals surface area contributed by atoms with Crippen LogP contribution >= 0.6 is 54.8 Å². The van der Waals surface area contributed by atoms with Gasteiger partial charge in [0.15, 0.2) is 10.3 Å². The summed E-state index contributed by atoms with van der Waals surface area (Å²) < 4.78 is 16.0. The molecule has 0 atom stereocenters. The first-order valence-corrected chi connectivity index (χ1v) is 7.75. The molecule has 0 radical (unpaired) electrons. The van der Waals surface area contributed by atoms with Crippen LogP contribution in [0.5, 0.6) is 0 Å². The number of hydrogen-bond donors (Lipinski definition) is 1. The average molecular weight is 415 g/mol. The standard InChI is InChI=1S/C11H8Br2ClFN2S/c1-5-7(12)2-8(13)10(9(5)15)16-3-6-4-17-11(14)18-6/h2,4,16H,3H2,1H3. The van der Waals surface area contributed by atoms with Crippen LogP contribution in [0.25, 0.3) is 0 Å². The fourth-order valence-electron chi connectivity index (χ4n) is 1.39. The van der Waals surface area contributed by atoms with Gasteiger partial charge in [-0.2, -0.15) is 0 Å². The molecule has 0 aliphatic carbocycles. The molecular formula is C11H8Br2ClFN2S. The van der Waals surface area contributed by atoms with Crippen LogP contribution in [0.1, 0.15) is 10.4 Å². The number of thiazole rings is 1. The summed E-state index contributed by atoms with van der Waals surface area (Å²) in [6, 6.07) is 1.82. The van der Waals surface area contributed by atoms with Gasteiger partial charge >= 0.3 is 0 Å². The molecular weight excluding hydrogens is 406 g/mol. The van der Waals surface area contributed by atoms with Gasteiger partial charge in [-0.15, -0.1) is 11.3 Å². The fourth-order valence-corrected chi connectivity index (χ4v) is 3.56. The largest absolute Gasteiger partial charge is 0.377 e. The molecule has 1 heterocycles. The monoisotopic (exact) mass is 412 g/mol. The molecule has 0 fully saturated rings. The van der Waals surface area contributed by atoms with E-state index in [4.69, 9.17) is 11.6 Å².